The average Bonchev–Trinajstić information content (AvgIpc) is 3.25. The molecule has 0 spiro atoms. The topological polar surface area (TPSA) is 102 Å². The summed E-state index contributed by atoms with van der Waals surface area (Å²) >= 11 is 6.19. The fourth-order valence-electron chi connectivity index (χ4n) is 4.94. The fourth-order valence-corrected chi connectivity index (χ4v) is 5.06. The van der Waals surface area contributed by atoms with E-state index in [-0.39, 0.29) is 18.4 Å². The SMILES string of the molecule is COc1ccc2c(c1)C(c1ccc(Cl)cc1)=NC(CC(=O)N1CCN(C(=O)OC(C)(C)C)CC1)c1nnc(C)n1-2. The Morgan fingerprint density at radius 3 is 2.33 bits per heavy atom. The molecule has 3 aromatic rings. The molecule has 0 bridgehead atoms. The summed E-state index contributed by atoms with van der Waals surface area (Å²) < 4.78 is 13.0. The lowest BCUT2D eigenvalue weighted by Crippen LogP contribution is -2.51. The Balaban J connectivity index is 1.45. The molecule has 2 amide bonds. The smallest absolute Gasteiger partial charge is 0.410 e. The van der Waals surface area contributed by atoms with E-state index in [9.17, 15) is 9.59 Å². The number of fused-ring (bicyclic) bond motifs is 3. The number of halogens is 1. The number of hydrogen-bond acceptors (Lipinski definition) is 7. The van der Waals surface area contributed by atoms with Gasteiger partial charge in [-0.3, -0.25) is 14.4 Å². The lowest BCUT2D eigenvalue weighted by molar-refractivity contribution is -0.133. The minimum Gasteiger partial charge on any atom is -0.497 e. The number of amides is 2. The highest BCUT2D eigenvalue weighted by molar-refractivity contribution is 6.30. The number of rotatable bonds is 4. The first-order valence-corrected chi connectivity index (χ1v) is 13.6. The molecule has 2 aromatic carbocycles. The summed E-state index contributed by atoms with van der Waals surface area (Å²) in [5.41, 5.74) is 2.69. The van der Waals surface area contributed by atoms with Gasteiger partial charge in [0.05, 0.1) is 24.9 Å². The number of ether oxygens (including phenoxy) is 2. The molecule has 2 aliphatic rings. The summed E-state index contributed by atoms with van der Waals surface area (Å²) in [5, 5.41) is 9.41. The Bertz CT molecular complexity index is 1450. The molecule has 0 radical (unpaired) electrons. The lowest BCUT2D eigenvalue weighted by atomic mass is 10.00. The van der Waals surface area contributed by atoms with Gasteiger partial charge in [0, 0.05) is 42.3 Å². The summed E-state index contributed by atoms with van der Waals surface area (Å²) in [7, 11) is 1.62. The van der Waals surface area contributed by atoms with Gasteiger partial charge < -0.3 is 19.3 Å². The number of methoxy groups -OCH3 is 1. The van der Waals surface area contributed by atoms with E-state index >= 15 is 0 Å². The van der Waals surface area contributed by atoms with Crippen LogP contribution in [0.5, 0.6) is 5.75 Å². The molecule has 10 nitrogen and oxygen atoms in total. The van der Waals surface area contributed by atoms with Crippen molar-refractivity contribution < 1.29 is 19.1 Å². The van der Waals surface area contributed by atoms with Crippen LogP contribution in [0.25, 0.3) is 5.69 Å². The van der Waals surface area contributed by atoms with Gasteiger partial charge in [-0.2, -0.15) is 0 Å². The third-order valence-electron chi connectivity index (χ3n) is 6.90. The van der Waals surface area contributed by atoms with Gasteiger partial charge >= 0.3 is 6.09 Å². The lowest BCUT2D eigenvalue weighted by Gasteiger charge is -2.36. The molecular weight excluding hydrogens is 532 g/mol. The van der Waals surface area contributed by atoms with Crippen molar-refractivity contribution >= 4 is 29.3 Å². The van der Waals surface area contributed by atoms with E-state index < -0.39 is 11.6 Å². The Morgan fingerprint density at radius 2 is 1.68 bits per heavy atom. The zero-order chi connectivity index (χ0) is 28.6. The minimum absolute atomic E-state index is 0.0659. The van der Waals surface area contributed by atoms with Gasteiger partial charge in [-0.1, -0.05) is 23.7 Å². The first kappa shape index (κ1) is 27.6. The summed E-state index contributed by atoms with van der Waals surface area (Å²) in [5.74, 6) is 1.90. The van der Waals surface area contributed by atoms with Crippen LogP contribution in [0.3, 0.4) is 0 Å². The van der Waals surface area contributed by atoms with Crippen LogP contribution < -0.4 is 4.74 Å². The molecule has 2 aliphatic heterocycles. The van der Waals surface area contributed by atoms with Crippen molar-refractivity contribution in [3.8, 4) is 11.4 Å². The van der Waals surface area contributed by atoms with E-state index in [1.165, 1.54) is 0 Å². The highest BCUT2D eigenvalue weighted by atomic mass is 35.5. The van der Waals surface area contributed by atoms with Gasteiger partial charge in [-0.25, -0.2) is 4.79 Å². The maximum Gasteiger partial charge on any atom is 0.410 e. The van der Waals surface area contributed by atoms with Crippen LogP contribution in [0.4, 0.5) is 4.79 Å². The third-order valence-corrected chi connectivity index (χ3v) is 7.15. The van der Waals surface area contributed by atoms with E-state index in [0.29, 0.717) is 54.3 Å². The van der Waals surface area contributed by atoms with Crippen molar-refractivity contribution in [1.29, 1.82) is 0 Å². The Labute approximate surface area is 238 Å². The number of carbonyl (C=O) groups is 2. The van der Waals surface area contributed by atoms with E-state index in [1.807, 2.05) is 74.7 Å². The first-order valence-electron chi connectivity index (χ1n) is 13.2. The summed E-state index contributed by atoms with van der Waals surface area (Å²) in [6.45, 7) is 9.05. The quantitative estimate of drug-likeness (QED) is 0.459. The zero-order valence-electron chi connectivity index (χ0n) is 23.3. The highest BCUT2D eigenvalue weighted by Gasteiger charge is 2.33. The molecule has 3 heterocycles. The molecule has 0 saturated carbocycles. The minimum atomic E-state index is -0.582. The maximum absolute atomic E-state index is 13.6. The Hall–Kier alpha value is -3.92. The number of hydrogen-bond donors (Lipinski definition) is 0. The van der Waals surface area contributed by atoms with E-state index in [4.69, 9.17) is 26.1 Å². The summed E-state index contributed by atoms with van der Waals surface area (Å²) in [4.78, 5) is 34.6. The van der Waals surface area contributed by atoms with E-state index in [2.05, 4.69) is 10.2 Å². The van der Waals surface area contributed by atoms with Crippen molar-refractivity contribution in [1.82, 2.24) is 24.6 Å². The van der Waals surface area contributed by atoms with Crippen LogP contribution in [-0.2, 0) is 9.53 Å². The third kappa shape index (κ3) is 5.67. The molecule has 1 atom stereocenters. The largest absolute Gasteiger partial charge is 0.497 e. The van der Waals surface area contributed by atoms with Gasteiger partial charge in [0.2, 0.25) is 5.91 Å². The van der Waals surface area contributed by atoms with Crippen LogP contribution in [0.1, 0.15) is 56.0 Å². The molecule has 1 saturated heterocycles. The van der Waals surface area contributed by atoms with Gasteiger partial charge in [0.25, 0.3) is 0 Å². The van der Waals surface area contributed by atoms with Crippen molar-refractivity contribution in [3.63, 3.8) is 0 Å². The van der Waals surface area contributed by atoms with Crippen molar-refractivity contribution in [3.05, 3.63) is 70.3 Å². The van der Waals surface area contributed by atoms with Crippen molar-refractivity contribution in [2.45, 2.75) is 45.8 Å². The van der Waals surface area contributed by atoms with Gasteiger partial charge in [0.1, 0.15) is 23.2 Å². The zero-order valence-corrected chi connectivity index (χ0v) is 24.1. The number of aromatic nitrogens is 3. The number of nitrogens with zero attached hydrogens (tertiary/aromatic N) is 6. The Kier molecular flexibility index (Phi) is 7.55. The van der Waals surface area contributed by atoms with Crippen molar-refractivity contribution in [2.24, 2.45) is 4.99 Å². The van der Waals surface area contributed by atoms with Crippen LogP contribution in [0, 0.1) is 6.92 Å². The monoisotopic (exact) mass is 564 g/mol. The molecule has 0 N–H and O–H groups in total. The number of piperazine rings is 1. The van der Waals surface area contributed by atoms with Gasteiger partial charge in [-0.05, 0) is 58.0 Å². The van der Waals surface area contributed by atoms with Crippen LogP contribution in [0.2, 0.25) is 5.02 Å². The molecule has 1 fully saturated rings. The second kappa shape index (κ2) is 10.9. The standard InChI is InChI=1S/C29H33ClN6O4/c1-18-32-33-27-23(17-25(37)34-12-14-35(15-13-34)28(38)40-29(2,3)4)31-26(19-6-8-20(30)9-7-19)22-16-21(39-5)10-11-24(22)36(18)27/h6-11,16,23H,12-15,17H2,1-5H3. The molecule has 1 unspecified atom stereocenters. The van der Waals surface area contributed by atoms with Crippen LogP contribution in [0.15, 0.2) is 47.5 Å². The number of benzene rings is 2. The molecular formula is C29H33ClN6O4. The molecule has 40 heavy (non-hydrogen) atoms. The molecule has 5 rings (SSSR count). The average molecular weight is 565 g/mol. The predicted molar refractivity (Wildman–Crippen MR) is 151 cm³/mol. The summed E-state index contributed by atoms with van der Waals surface area (Å²) in [6.07, 6.45) is -0.260. The number of carbonyl (C=O) groups excluding carboxylic acids is 2. The number of aryl methyl sites for hydroxylation is 1. The van der Waals surface area contributed by atoms with Gasteiger partial charge in [0.15, 0.2) is 5.82 Å². The summed E-state index contributed by atoms with van der Waals surface area (Å²) in [6, 6.07) is 12.7. The maximum atomic E-state index is 13.6. The molecule has 0 aliphatic carbocycles. The molecule has 210 valence electrons. The van der Waals surface area contributed by atoms with Gasteiger partial charge in [-0.15, -0.1) is 10.2 Å². The van der Waals surface area contributed by atoms with Crippen molar-refractivity contribution in [2.75, 3.05) is 33.3 Å². The molecule has 1 aromatic heterocycles. The fraction of sp³-hybridized carbons (Fsp3) is 0.414. The Morgan fingerprint density at radius 1 is 1.00 bits per heavy atom. The normalized spacial score (nSPS) is 16.9. The van der Waals surface area contributed by atoms with E-state index in [1.54, 1.807) is 16.9 Å². The molecule has 11 heteroatoms. The van der Waals surface area contributed by atoms with Crippen LogP contribution >= 0.6 is 11.6 Å². The highest BCUT2D eigenvalue weighted by Crippen LogP contribution is 2.35. The first-order chi connectivity index (χ1) is 19.0. The van der Waals surface area contributed by atoms with Crippen LogP contribution in [-0.4, -0.2) is 81.2 Å². The second-order valence-electron chi connectivity index (χ2n) is 10.9. The van der Waals surface area contributed by atoms with E-state index in [0.717, 1.165) is 16.8 Å². The second-order valence-corrected chi connectivity index (χ2v) is 11.3. The predicted octanol–water partition coefficient (Wildman–Crippen LogP) is 4.60. The number of aliphatic imine (C=N–C) groups is 1.